The van der Waals surface area contributed by atoms with Crippen LogP contribution in [-0.4, -0.2) is 67.8 Å². The fourth-order valence-electron chi connectivity index (χ4n) is 2.67. The Balaban J connectivity index is 1.62. The number of hydrogen-bond acceptors (Lipinski definition) is 5. The van der Waals surface area contributed by atoms with Crippen LogP contribution in [0.3, 0.4) is 0 Å². The minimum absolute atomic E-state index is 0.0644. The van der Waals surface area contributed by atoms with Gasteiger partial charge in [-0.05, 0) is 25.1 Å². The average Bonchev–Trinajstić information content (AvgIpc) is 2.61. The summed E-state index contributed by atoms with van der Waals surface area (Å²) in [6, 6.07) is 5.22. The molecule has 23 heavy (non-hydrogen) atoms. The first kappa shape index (κ1) is 15.5. The number of nitrogens with zero attached hydrogens (tertiary/aromatic N) is 2. The molecule has 1 saturated heterocycles. The maximum Gasteiger partial charge on any atom is 0.409 e. The van der Waals surface area contributed by atoms with Crippen molar-refractivity contribution in [1.82, 2.24) is 9.80 Å². The predicted molar refractivity (Wildman–Crippen MR) is 81.9 cm³/mol. The van der Waals surface area contributed by atoms with Gasteiger partial charge in [-0.2, -0.15) is 0 Å². The number of ether oxygens (including phenoxy) is 3. The maximum absolute atomic E-state index is 12.6. The predicted octanol–water partition coefficient (Wildman–Crippen LogP) is 1.37. The van der Waals surface area contributed by atoms with Gasteiger partial charge in [-0.25, -0.2) is 4.79 Å². The highest BCUT2D eigenvalue weighted by Crippen LogP contribution is 2.31. The molecule has 1 aromatic rings. The number of fused-ring (bicyclic) bond motifs is 1. The van der Waals surface area contributed by atoms with Crippen molar-refractivity contribution in [3.8, 4) is 11.5 Å². The lowest BCUT2D eigenvalue weighted by molar-refractivity contribution is 0.0569. The van der Waals surface area contributed by atoms with Crippen LogP contribution in [0.1, 0.15) is 17.3 Å². The van der Waals surface area contributed by atoms with Gasteiger partial charge in [0.1, 0.15) is 13.2 Å². The molecule has 7 heteroatoms. The fraction of sp³-hybridized carbons (Fsp3) is 0.500. The summed E-state index contributed by atoms with van der Waals surface area (Å²) in [6.45, 7) is 5.09. The van der Waals surface area contributed by atoms with E-state index in [1.165, 1.54) is 0 Å². The monoisotopic (exact) mass is 320 g/mol. The molecule has 0 aliphatic carbocycles. The summed E-state index contributed by atoms with van der Waals surface area (Å²) in [5.74, 6) is 1.21. The van der Waals surface area contributed by atoms with Gasteiger partial charge < -0.3 is 24.0 Å². The van der Waals surface area contributed by atoms with Crippen LogP contribution >= 0.6 is 0 Å². The van der Waals surface area contributed by atoms with E-state index in [4.69, 9.17) is 14.2 Å². The summed E-state index contributed by atoms with van der Waals surface area (Å²) in [5.41, 5.74) is 0.568. The molecule has 0 atom stereocenters. The number of hydrogen-bond donors (Lipinski definition) is 0. The van der Waals surface area contributed by atoms with E-state index in [1.807, 2.05) is 0 Å². The fourth-order valence-corrected chi connectivity index (χ4v) is 2.67. The van der Waals surface area contributed by atoms with Crippen LogP contribution in [-0.2, 0) is 4.74 Å². The van der Waals surface area contributed by atoms with Crippen molar-refractivity contribution in [2.24, 2.45) is 0 Å². The Morgan fingerprint density at radius 1 is 1.04 bits per heavy atom. The molecule has 0 aromatic heterocycles. The van der Waals surface area contributed by atoms with Crippen LogP contribution in [0.5, 0.6) is 11.5 Å². The summed E-state index contributed by atoms with van der Waals surface area (Å²) < 4.78 is 15.9. The Hall–Kier alpha value is -2.44. The Labute approximate surface area is 134 Å². The van der Waals surface area contributed by atoms with Crippen LogP contribution < -0.4 is 9.47 Å². The van der Waals surface area contributed by atoms with Crippen LogP contribution in [0.25, 0.3) is 0 Å². The highest BCUT2D eigenvalue weighted by molar-refractivity contribution is 5.95. The highest BCUT2D eigenvalue weighted by Gasteiger charge is 2.26. The molecule has 1 aromatic carbocycles. The van der Waals surface area contributed by atoms with Crippen molar-refractivity contribution >= 4 is 12.0 Å². The van der Waals surface area contributed by atoms with Crippen molar-refractivity contribution in [1.29, 1.82) is 0 Å². The van der Waals surface area contributed by atoms with Gasteiger partial charge in [-0.3, -0.25) is 4.79 Å². The number of carbonyl (C=O) groups is 2. The van der Waals surface area contributed by atoms with Gasteiger partial charge in [0.25, 0.3) is 5.91 Å². The maximum atomic E-state index is 12.6. The van der Waals surface area contributed by atoms with E-state index in [2.05, 4.69) is 0 Å². The van der Waals surface area contributed by atoms with Gasteiger partial charge in [0.15, 0.2) is 11.5 Å². The third-order valence-electron chi connectivity index (χ3n) is 3.88. The molecule has 2 heterocycles. The second kappa shape index (κ2) is 6.76. The molecule has 2 amide bonds. The third kappa shape index (κ3) is 3.33. The summed E-state index contributed by atoms with van der Waals surface area (Å²) in [6.07, 6.45) is -0.320. The Morgan fingerprint density at radius 3 is 2.39 bits per heavy atom. The molecule has 0 saturated carbocycles. The molecule has 2 aliphatic heterocycles. The number of rotatable bonds is 2. The molecule has 0 radical (unpaired) electrons. The summed E-state index contributed by atoms with van der Waals surface area (Å²) in [5, 5.41) is 0. The average molecular weight is 320 g/mol. The smallest absolute Gasteiger partial charge is 0.409 e. The van der Waals surface area contributed by atoms with E-state index in [1.54, 1.807) is 34.9 Å². The first-order valence-corrected chi connectivity index (χ1v) is 7.79. The van der Waals surface area contributed by atoms with E-state index < -0.39 is 0 Å². The minimum Gasteiger partial charge on any atom is -0.486 e. The summed E-state index contributed by atoms with van der Waals surface area (Å²) in [7, 11) is 0. The van der Waals surface area contributed by atoms with Crippen LogP contribution in [0.4, 0.5) is 4.79 Å². The first-order valence-electron chi connectivity index (χ1n) is 7.79. The van der Waals surface area contributed by atoms with Crippen molar-refractivity contribution in [2.45, 2.75) is 6.92 Å². The number of amides is 2. The SMILES string of the molecule is CCOC(=O)N1CCN(C(=O)c2ccc3c(c2)OCCO3)CC1. The Bertz CT molecular complexity index is 596. The van der Waals surface area contributed by atoms with Gasteiger partial charge in [-0.15, -0.1) is 0 Å². The van der Waals surface area contributed by atoms with E-state index >= 15 is 0 Å². The lowest BCUT2D eigenvalue weighted by atomic mass is 10.1. The zero-order valence-corrected chi connectivity index (χ0v) is 13.1. The lowest BCUT2D eigenvalue weighted by Gasteiger charge is -2.34. The van der Waals surface area contributed by atoms with Crippen LogP contribution in [0.15, 0.2) is 18.2 Å². The molecule has 2 aliphatic rings. The van der Waals surface area contributed by atoms with E-state index in [0.717, 1.165) is 0 Å². The Morgan fingerprint density at radius 2 is 1.70 bits per heavy atom. The van der Waals surface area contributed by atoms with Gasteiger partial charge in [0, 0.05) is 31.7 Å². The minimum atomic E-state index is -0.320. The second-order valence-electron chi connectivity index (χ2n) is 5.34. The zero-order valence-electron chi connectivity index (χ0n) is 13.1. The molecule has 124 valence electrons. The highest BCUT2D eigenvalue weighted by atomic mass is 16.6. The normalized spacial score (nSPS) is 16.9. The van der Waals surface area contributed by atoms with Gasteiger partial charge in [0.05, 0.1) is 6.61 Å². The van der Waals surface area contributed by atoms with E-state index in [0.29, 0.717) is 63.1 Å². The third-order valence-corrected chi connectivity index (χ3v) is 3.88. The number of piperazine rings is 1. The second-order valence-corrected chi connectivity index (χ2v) is 5.34. The van der Waals surface area contributed by atoms with Gasteiger partial charge in [0.2, 0.25) is 0 Å². The lowest BCUT2D eigenvalue weighted by Crippen LogP contribution is -2.50. The van der Waals surface area contributed by atoms with Crippen molar-refractivity contribution in [3.05, 3.63) is 23.8 Å². The first-order chi connectivity index (χ1) is 11.2. The molecule has 3 rings (SSSR count). The van der Waals surface area contributed by atoms with Gasteiger partial charge >= 0.3 is 6.09 Å². The van der Waals surface area contributed by atoms with E-state index in [-0.39, 0.29) is 12.0 Å². The zero-order chi connectivity index (χ0) is 16.2. The summed E-state index contributed by atoms with van der Waals surface area (Å²) >= 11 is 0. The largest absolute Gasteiger partial charge is 0.486 e. The topological polar surface area (TPSA) is 68.3 Å². The van der Waals surface area contributed by atoms with Crippen LogP contribution in [0.2, 0.25) is 0 Å². The van der Waals surface area contributed by atoms with Crippen LogP contribution in [0, 0.1) is 0 Å². The molecular formula is C16H20N2O5. The number of carbonyl (C=O) groups excluding carboxylic acids is 2. The number of benzene rings is 1. The van der Waals surface area contributed by atoms with Crippen molar-refractivity contribution in [3.63, 3.8) is 0 Å². The Kier molecular flexibility index (Phi) is 4.55. The quantitative estimate of drug-likeness (QED) is 0.823. The molecule has 7 nitrogen and oxygen atoms in total. The molecule has 1 fully saturated rings. The van der Waals surface area contributed by atoms with E-state index in [9.17, 15) is 9.59 Å². The summed E-state index contributed by atoms with van der Waals surface area (Å²) in [4.78, 5) is 27.6. The molecule has 0 N–H and O–H groups in total. The molecule has 0 unspecified atom stereocenters. The van der Waals surface area contributed by atoms with Gasteiger partial charge in [-0.1, -0.05) is 0 Å². The van der Waals surface area contributed by atoms with Crippen molar-refractivity contribution in [2.75, 3.05) is 46.0 Å². The molecule has 0 spiro atoms. The molecule has 0 bridgehead atoms. The van der Waals surface area contributed by atoms with Crippen molar-refractivity contribution < 1.29 is 23.8 Å². The standard InChI is InChI=1S/C16H20N2O5/c1-2-21-16(20)18-7-5-17(6-8-18)15(19)12-3-4-13-14(11-12)23-10-9-22-13/h3-4,11H,2,5-10H2,1H3. The molecular weight excluding hydrogens is 300 g/mol.